The van der Waals surface area contributed by atoms with E-state index in [9.17, 15) is 0 Å². The normalized spacial score (nSPS) is 19.9. The van der Waals surface area contributed by atoms with Gasteiger partial charge in [-0.2, -0.15) is 0 Å². The van der Waals surface area contributed by atoms with Gasteiger partial charge in [-0.05, 0) is 36.7 Å². The Kier molecular flexibility index (Phi) is 8.52. The molecule has 6 nitrogen and oxygen atoms in total. The van der Waals surface area contributed by atoms with Crippen LogP contribution in [0.2, 0.25) is 0 Å². The van der Waals surface area contributed by atoms with Gasteiger partial charge in [-0.15, -0.1) is 0 Å². The third-order valence-corrected chi connectivity index (χ3v) is 5.98. The van der Waals surface area contributed by atoms with E-state index in [1.54, 1.807) is 0 Å². The number of hydrogen-bond donors (Lipinski definition) is 2. The summed E-state index contributed by atoms with van der Waals surface area (Å²) in [5.74, 6) is 2.34. The number of aryl methyl sites for hydroxylation is 2. The van der Waals surface area contributed by atoms with E-state index in [0.29, 0.717) is 12.5 Å². The average molecular weight is 426 g/mol. The minimum atomic E-state index is 0.147. The molecule has 0 radical (unpaired) electrons. The summed E-state index contributed by atoms with van der Waals surface area (Å²) < 4.78 is 8.34. The van der Waals surface area contributed by atoms with Crippen molar-refractivity contribution in [2.45, 2.75) is 65.6 Å². The lowest BCUT2D eigenvalue weighted by Gasteiger charge is -2.40. The predicted molar refractivity (Wildman–Crippen MR) is 127 cm³/mol. The maximum absolute atomic E-state index is 6.11. The lowest BCUT2D eigenvalue weighted by atomic mass is 9.78. The van der Waals surface area contributed by atoms with E-state index in [-0.39, 0.29) is 11.5 Å². The van der Waals surface area contributed by atoms with Crippen molar-refractivity contribution in [1.29, 1.82) is 0 Å². The molecular formula is C25H39N5O. The van der Waals surface area contributed by atoms with Crippen LogP contribution in [0.1, 0.15) is 51.4 Å². The van der Waals surface area contributed by atoms with E-state index in [1.165, 1.54) is 12.0 Å². The highest BCUT2D eigenvalue weighted by Gasteiger charge is 2.35. The maximum atomic E-state index is 6.11. The molecule has 0 spiro atoms. The van der Waals surface area contributed by atoms with Gasteiger partial charge in [0.1, 0.15) is 5.82 Å². The van der Waals surface area contributed by atoms with Crippen LogP contribution in [0, 0.1) is 11.3 Å². The first kappa shape index (κ1) is 23.3. The number of hydrogen-bond acceptors (Lipinski definition) is 3. The molecule has 1 aliphatic rings. The fraction of sp³-hybridized carbons (Fsp3) is 0.600. The van der Waals surface area contributed by atoms with Gasteiger partial charge in [0.15, 0.2) is 5.96 Å². The first-order chi connectivity index (χ1) is 15.0. The van der Waals surface area contributed by atoms with Gasteiger partial charge in [0.25, 0.3) is 0 Å². The number of nitrogens with zero attached hydrogens (tertiary/aromatic N) is 3. The first-order valence-corrected chi connectivity index (χ1v) is 11.6. The summed E-state index contributed by atoms with van der Waals surface area (Å²) >= 11 is 0. The van der Waals surface area contributed by atoms with Gasteiger partial charge in [0.05, 0.1) is 12.6 Å². The van der Waals surface area contributed by atoms with Crippen LogP contribution in [-0.2, 0) is 24.2 Å². The Balaban J connectivity index is 1.46. The van der Waals surface area contributed by atoms with E-state index >= 15 is 0 Å². The Morgan fingerprint density at radius 3 is 2.77 bits per heavy atom. The van der Waals surface area contributed by atoms with Crippen molar-refractivity contribution in [1.82, 2.24) is 20.2 Å². The lowest BCUT2D eigenvalue weighted by molar-refractivity contribution is -0.0835. The number of aromatic nitrogens is 2. The number of imidazole rings is 1. The number of guanidine groups is 1. The fourth-order valence-electron chi connectivity index (χ4n) is 4.43. The average Bonchev–Trinajstić information content (AvgIpc) is 3.21. The molecule has 170 valence electrons. The van der Waals surface area contributed by atoms with Gasteiger partial charge in [0.2, 0.25) is 0 Å². The summed E-state index contributed by atoms with van der Waals surface area (Å²) in [6.45, 7) is 10.2. The van der Waals surface area contributed by atoms with Crippen molar-refractivity contribution in [2.24, 2.45) is 16.3 Å². The fourth-order valence-corrected chi connectivity index (χ4v) is 4.43. The number of nitrogens with one attached hydrogen (secondary N) is 2. The van der Waals surface area contributed by atoms with Gasteiger partial charge >= 0.3 is 0 Å². The standard InChI is InChI=1S/C25H39N5O/c1-25(2,3)23-21(13-9-17-31-23)18-28-24(26-4)29-19-22-27-14-16-30(22)15-8-12-20-10-6-5-7-11-20/h5-7,10-11,14,16,21,23H,8-9,12-13,15,17-19H2,1-4H3,(H2,26,28,29). The number of ether oxygens (including phenoxy) is 1. The van der Waals surface area contributed by atoms with Crippen molar-refractivity contribution in [3.63, 3.8) is 0 Å². The summed E-state index contributed by atoms with van der Waals surface area (Å²) in [5, 5.41) is 6.94. The van der Waals surface area contributed by atoms with Crippen LogP contribution in [0.25, 0.3) is 0 Å². The molecule has 2 N–H and O–H groups in total. The van der Waals surface area contributed by atoms with Crippen LogP contribution >= 0.6 is 0 Å². The Labute approximate surface area is 187 Å². The SMILES string of the molecule is CN=C(NCc1nccn1CCCc1ccccc1)NCC1CCCOC1C(C)(C)C. The molecule has 1 saturated heterocycles. The molecule has 6 heteroatoms. The molecule has 2 heterocycles. The molecule has 1 fully saturated rings. The Morgan fingerprint density at radius 2 is 2.03 bits per heavy atom. The minimum Gasteiger partial charge on any atom is -0.377 e. The lowest BCUT2D eigenvalue weighted by Crippen LogP contribution is -2.47. The van der Waals surface area contributed by atoms with Crippen LogP contribution < -0.4 is 10.6 Å². The van der Waals surface area contributed by atoms with E-state index in [1.807, 2.05) is 13.2 Å². The second-order valence-corrected chi connectivity index (χ2v) is 9.49. The Hall–Kier alpha value is -2.34. The third kappa shape index (κ3) is 7.10. The smallest absolute Gasteiger partial charge is 0.191 e. The van der Waals surface area contributed by atoms with Gasteiger partial charge in [-0.3, -0.25) is 4.99 Å². The third-order valence-electron chi connectivity index (χ3n) is 5.98. The molecule has 2 aromatic rings. The molecule has 0 bridgehead atoms. The van der Waals surface area contributed by atoms with Crippen LogP contribution in [0.15, 0.2) is 47.7 Å². The Morgan fingerprint density at radius 1 is 1.23 bits per heavy atom. The zero-order valence-corrected chi connectivity index (χ0v) is 19.6. The maximum Gasteiger partial charge on any atom is 0.191 e. The van der Waals surface area contributed by atoms with E-state index in [0.717, 1.165) is 50.7 Å². The molecule has 0 amide bonds. The van der Waals surface area contributed by atoms with Crippen LogP contribution in [0.4, 0.5) is 0 Å². The topological polar surface area (TPSA) is 63.5 Å². The molecule has 0 aliphatic carbocycles. The minimum absolute atomic E-state index is 0.147. The Bertz CT molecular complexity index is 809. The predicted octanol–water partition coefficient (Wildman–Crippen LogP) is 4.02. The zero-order chi connectivity index (χ0) is 22.1. The van der Waals surface area contributed by atoms with E-state index in [4.69, 9.17) is 4.74 Å². The summed E-state index contributed by atoms with van der Waals surface area (Å²) in [6, 6.07) is 10.6. The highest BCUT2D eigenvalue weighted by Crippen LogP contribution is 2.33. The molecule has 31 heavy (non-hydrogen) atoms. The molecular weight excluding hydrogens is 386 g/mol. The number of rotatable bonds is 8. The molecule has 3 rings (SSSR count). The summed E-state index contributed by atoms with van der Waals surface area (Å²) in [6.07, 6.45) is 8.71. The molecule has 2 atom stereocenters. The van der Waals surface area contributed by atoms with Gasteiger partial charge in [-0.25, -0.2) is 4.98 Å². The quantitative estimate of drug-likeness (QED) is 0.495. The monoisotopic (exact) mass is 425 g/mol. The van der Waals surface area contributed by atoms with Crippen molar-refractivity contribution in [3.8, 4) is 0 Å². The second kappa shape index (κ2) is 11.3. The van der Waals surface area contributed by atoms with E-state index in [2.05, 4.69) is 82.5 Å². The van der Waals surface area contributed by atoms with Crippen molar-refractivity contribution in [3.05, 3.63) is 54.1 Å². The van der Waals surface area contributed by atoms with Crippen molar-refractivity contribution >= 4 is 5.96 Å². The van der Waals surface area contributed by atoms with Crippen LogP contribution in [0.5, 0.6) is 0 Å². The zero-order valence-electron chi connectivity index (χ0n) is 19.6. The van der Waals surface area contributed by atoms with Crippen molar-refractivity contribution in [2.75, 3.05) is 20.2 Å². The van der Waals surface area contributed by atoms with Crippen molar-refractivity contribution < 1.29 is 4.74 Å². The molecule has 1 aromatic heterocycles. The van der Waals surface area contributed by atoms with E-state index < -0.39 is 0 Å². The van der Waals surface area contributed by atoms with Crippen LogP contribution in [0.3, 0.4) is 0 Å². The highest BCUT2D eigenvalue weighted by molar-refractivity contribution is 5.79. The molecule has 1 aliphatic heterocycles. The molecule has 2 unspecified atom stereocenters. The van der Waals surface area contributed by atoms with Crippen LogP contribution in [-0.4, -0.2) is 41.8 Å². The van der Waals surface area contributed by atoms with Gasteiger partial charge in [0, 0.05) is 45.1 Å². The highest BCUT2D eigenvalue weighted by atomic mass is 16.5. The first-order valence-electron chi connectivity index (χ1n) is 11.6. The molecule has 1 aromatic carbocycles. The summed E-state index contributed by atoms with van der Waals surface area (Å²) in [4.78, 5) is 8.95. The largest absolute Gasteiger partial charge is 0.377 e. The number of aliphatic imine (C=N–C) groups is 1. The number of benzene rings is 1. The summed E-state index contributed by atoms with van der Waals surface area (Å²) in [5.41, 5.74) is 1.53. The van der Waals surface area contributed by atoms with Gasteiger partial charge in [-0.1, -0.05) is 51.1 Å². The summed E-state index contributed by atoms with van der Waals surface area (Å²) in [7, 11) is 1.82. The second-order valence-electron chi connectivity index (χ2n) is 9.49. The molecule has 0 saturated carbocycles. The van der Waals surface area contributed by atoms with Gasteiger partial charge < -0.3 is 19.9 Å².